The summed E-state index contributed by atoms with van der Waals surface area (Å²) in [7, 11) is 0. The second-order valence-corrected chi connectivity index (χ2v) is 10.0. The standard InChI is InChI=1S/C21H30O7/c1-10-8-12(22)11-9-13-19(4,28-17(11)27-10)6-7-21(26)18(2,3)15(24)14(23)16(25)20(13,21)5/h10,13-15,23-24,26H,6-9H2,1-5H3/t10-,13+,14+,15-,19-,20+,21+/m1/s1. The molecule has 0 spiro atoms. The van der Waals surface area contributed by atoms with Crippen LogP contribution in [-0.4, -0.2) is 56.4 Å². The van der Waals surface area contributed by atoms with Gasteiger partial charge in [-0.3, -0.25) is 9.59 Å². The first-order chi connectivity index (χ1) is 12.8. The number of rotatable bonds is 0. The lowest BCUT2D eigenvalue weighted by atomic mass is 9.40. The topological polar surface area (TPSA) is 113 Å². The number of aliphatic hydroxyl groups is 3. The number of aliphatic hydroxyl groups excluding tert-OH is 2. The summed E-state index contributed by atoms with van der Waals surface area (Å²) in [5.41, 5.74) is -4.47. The molecule has 4 rings (SSSR count). The molecule has 156 valence electrons. The van der Waals surface area contributed by atoms with Gasteiger partial charge < -0.3 is 24.8 Å². The molecule has 0 aromatic heterocycles. The Morgan fingerprint density at radius 2 is 1.68 bits per heavy atom. The van der Waals surface area contributed by atoms with Crippen LogP contribution in [0.5, 0.6) is 0 Å². The van der Waals surface area contributed by atoms with Gasteiger partial charge in [-0.2, -0.15) is 0 Å². The van der Waals surface area contributed by atoms with Gasteiger partial charge in [-0.25, -0.2) is 0 Å². The van der Waals surface area contributed by atoms with E-state index in [1.165, 1.54) is 0 Å². The Bertz CT molecular complexity index is 786. The van der Waals surface area contributed by atoms with E-state index in [-0.39, 0.29) is 37.1 Å². The monoisotopic (exact) mass is 394 g/mol. The normalized spacial score (nSPS) is 50.1. The third-order valence-electron chi connectivity index (χ3n) is 8.26. The van der Waals surface area contributed by atoms with Crippen LogP contribution in [0.1, 0.15) is 60.3 Å². The van der Waals surface area contributed by atoms with E-state index in [4.69, 9.17) is 9.47 Å². The summed E-state index contributed by atoms with van der Waals surface area (Å²) in [5, 5.41) is 32.9. The van der Waals surface area contributed by atoms with Crippen molar-refractivity contribution < 1.29 is 34.4 Å². The van der Waals surface area contributed by atoms with Crippen molar-refractivity contribution in [3.05, 3.63) is 11.5 Å². The lowest BCUT2D eigenvalue weighted by Crippen LogP contribution is -2.78. The lowest BCUT2D eigenvalue weighted by molar-refractivity contribution is -0.295. The minimum Gasteiger partial charge on any atom is -0.462 e. The van der Waals surface area contributed by atoms with Crippen molar-refractivity contribution in [1.29, 1.82) is 0 Å². The number of hydrogen-bond donors (Lipinski definition) is 3. The highest BCUT2D eigenvalue weighted by Crippen LogP contribution is 2.66. The van der Waals surface area contributed by atoms with Crippen molar-refractivity contribution in [2.75, 3.05) is 0 Å². The van der Waals surface area contributed by atoms with Crippen molar-refractivity contribution in [2.24, 2.45) is 16.7 Å². The molecule has 2 heterocycles. The number of carbonyl (C=O) groups is 2. The summed E-state index contributed by atoms with van der Waals surface area (Å²) in [4.78, 5) is 26.0. The van der Waals surface area contributed by atoms with Crippen molar-refractivity contribution in [3.63, 3.8) is 0 Å². The maximum absolute atomic E-state index is 13.3. The third-order valence-corrected chi connectivity index (χ3v) is 8.26. The summed E-state index contributed by atoms with van der Waals surface area (Å²) >= 11 is 0. The zero-order valence-corrected chi connectivity index (χ0v) is 17.1. The number of hydrogen-bond acceptors (Lipinski definition) is 7. The Hall–Kier alpha value is -1.44. The van der Waals surface area contributed by atoms with E-state index in [1.54, 1.807) is 20.8 Å². The van der Waals surface area contributed by atoms with Crippen molar-refractivity contribution >= 4 is 11.6 Å². The van der Waals surface area contributed by atoms with Gasteiger partial charge in [-0.15, -0.1) is 0 Å². The van der Waals surface area contributed by atoms with Gasteiger partial charge in [0.15, 0.2) is 11.6 Å². The largest absolute Gasteiger partial charge is 0.462 e. The van der Waals surface area contributed by atoms with Crippen LogP contribution in [0, 0.1) is 16.7 Å². The molecule has 2 fully saturated rings. The van der Waals surface area contributed by atoms with Crippen LogP contribution in [0.25, 0.3) is 0 Å². The average Bonchev–Trinajstić information content (AvgIpc) is 2.61. The summed E-state index contributed by atoms with van der Waals surface area (Å²) in [6, 6.07) is 0. The number of fused-ring (bicyclic) bond motifs is 3. The van der Waals surface area contributed by atoms with Gasteiger partial charge >= 0.3 is 0 Å². The van der Waals surface area contributed by atoms with E-state index in [2.05, 4.69) is 0 Å². The molecule has 7 atom stereocenters. The van der Waals surface area contributed by atoms with E-state index in [0.717, 1.165) is 0 Å². The van der Waals surface area contributed by atoms with Gasteiger partial charge in [0.25, 0.3) is 5.95 Å². The van der Waals surface area contributed by atoms with Crippen LogP contribution < -0.4 is 0 Å². The molecule has 0 aromatic rings. The van der Waals surface area contributed by atoms with Gasteiger partial charge in [0.2, 0.25) is 0 Å². The third kappa shape index (κ3) is 2.10. The Morgan fingerprint density at radius 3 is 2.32 bits per heavy atom. The van der Waals surface area contributed by atoms with E-state index < -0.39 is 45.9 Å². The summed E-state index contributed by atoms with van der Waals surface area (Å²) in [6.45, 7) is 8.70. The van der Waals surface area contributed by atoms with Crippen molar-refractivity contribution in [1.82, 2.24) is 0 Å². The molecule has 7 nitrogen and oxygen atoms in total. The Morgan fingerprint density at radius 1 is 1.04 bits per heavy atom. The predicted molar refractivity (Wildman–Crippen MR) is 97.9 cm³/mol. The first kappa shape index (κ1) is 19.9. The first-order valence-corrected chi connectivity index (χ1v) is 10.0. The number of Topliss-reactive ketones (excluding diaryl/α,β-unsaturated/α-hetero) is 2. The fourth-order valence-electron chi connectivity index (χ4n) is 6.25. The Kier molecular flexibility index (Phi) is 3.96. The molecule has 3 N–H and O–H groups in total. The summed E-state index contributed by atoms with van der Waals surface area (Å²) < 4.78 is 12.0. The predicted octanol–water partition coefficient (Wildman–Crippen LogP) is 1.23. The van der Waals surface area contributed by atoms with Gasteiger partial charge in [0.1, 0.15) is 17.8 Å². The zero-order chi connectivity index (χ0) is 20.9. The molecule has 0 aromatic carbocycles. The highest BCUT2D eigenvalue weighted by atomic mass is 16.7. The fraction of sp³-hybridized carbons (Fsp3) is 0.810. The van der Waals surface area contributed by atoms with Gasteiger partial charge in [0.05, 0.1) is 22.7 Å². The first-order valence-electron chi connectivity index (χ1n) is 10.0. The van der Waals surface area contributed by atoms with Gasteiger partial charge in [-0.1, -0.05) is 13.8 Å². The SMILES string of the molecule is C[C@@H]1CC(=O)C2=C(O1)O[C@]1(C)CC[C@]3(O)C(C)(C)[C@H](O)[C@H](O)C(=O)[C@]3(C)[C@H]1C2. The quantitative estimate of drug-likeness (QED) is 0.566. The minimum absolute atomic E-state index is 0.0726. The second kappa shape index (κ2) is 5.58. The van der Waals surface area contributed by atoms with Crippen LogP contribution >= 0.6 is 0 Å². The Balaban J connectivity index is 1.87. The van der Waals surface area contributed by atoms with Crippen LogP contribution in [0.2, 0.25) is 0 Å². The highest BCUT2D eigenvalue weighted by molar-refractivity contribution is 5.97. The molecule has 2 saturated carbocycles. The molecular weight excluding hydrogens is 364 g/mol. The van der Waals surface area contributed by atoms with Crippen LogP contribution in [-0.2, 0) is 19.1 Å². The fourth-order valence-corrected chi connectivity index (χ4v) is 6.25. The minimum atomic E-state index is -1.60. The molecule has 0 saturated heterocycles. The maximum atomic E-state index is 13.3. The molecule has 7 heteroatoms. The van der Waals surface area contributed by atoms with Gasteiger partial charge in [-0.05, 0) is 40.0 Å². The van der Waals surface area contributed by atoms with Crippen LogP contribution in [0.15, 0.2) is 11.5 Å². The Labute approximate surface area is 164 Å². The average molecular weight is 394 g/mol. The molecule has 4 aliphatic rings. The number of ether oxygens (including phenoxy) is 2. The van der Waals surface area contributed by atoms with Crippen molar-refractivity contribution in [3.8, 4) is 0 Å². The summed E-state index contributed by atoms with van der Waals surface area (Å²) in [6.07, 6.45) is -2.10. The molecule has 0 radical (unpaired) electrons. The zero-order valence-electron chi connectivity index (χ0n) is 17.1. The van der Waals surface area contributed by atoms with E-state index in [1.807, 2.05) is 13.8 Å². The second-order valence-electron chi connectivity index (χ2n) is 10.0. The van der Waals surface area contributed by atoms with E-state index in [0.29, 0.717) is 12.0 Å². The summed E-state index contributed by atoms with van der Waals surface area (Å²) in [5.74, 6) is -0.966. The molecular formula is C21H30O7. The molecule has 2 aliphatic carbocycles. The number of allylic oxidation sites excluding steroid dienone is 1. The highest BCUT2D eigenvalue weighted by Gasteiger charge is 2.75. The number of carbonyl (C=O) groups excluding carboxylic acids is 2. The van der Waals surface area contributed by atoms with Gasteiger partial charge in [0, 0.05) is 17.8 Å². The van der Waals surface area contributed by atoms with Crippen LogP contribution in [0.3, 0.4) is 0 Å². The maximum Gasteiger partial charge on any atom is 0.286 e. The molecule has 0 unspecified atom stereocenters. The smallest absolute Gasteiger partial charge is 0.286 e. The molecule has 0 bridgehead atoms. The molecule has 0 amide bonds. The van der Waals surface area contributed by atoms with Crippen molar-refractivity contribution in [2.45, 2.75) is 89.8 Å². The molecule has 28 heavy (non-hydrogen) atoms. The van der Waals surface area contributed by atoms with Crippen LogP contribution in [0.4, 0.5) is 0 Å². The molecule has 2 aliphatic heterocycles. The van der Waals surface area contributed by atoms with E-state index >= 15 is 0 Å². The van der Waals surface area contributed by atoms with E-state index in [9.17, 15) is 24.9 Å². The number of ketones is 2. The lowest BCUT2D eigenvalue weighted by Gasteiger charge is -2.67.